The molecule has 5 nitrogen and oxygen atoms in total. The summed E-state index contributed by atoms with van der Waals surface area (Å²) in [4.78, 5) is 8.18. The highest BCUT2D eigenvalue weighted by molar-refractivity contribution is 5.65. The van der Waals surface area contributed by atoms with Crippen LogP contribution < -0.4 is 15.8 Å². The SMILES string of the molecule is CCOc1ccc(Nc2ncnc(N)c2C(C)C)cc1F. The maximum atomic E-state index is 13.9. The molecule has 0 atom stereocenters. The summed E-state index contributed by atoms with van der Waals surface area (Å²) in [5.74, 6) is 0.973. The summed E-state index contributed by atoms with van der Waals surface area (Å²) in [6.07, 6.45) is 1.38. The van der Waals surface area contributed by atoms with Crippen LogP contribution in [0.15, 0.2) is 24.5 Å². The fourth-order valence-electron chi connectivity index (χ4n) is 2.07. The minimum Gasteiger partial charge on any atom is -0.491 e. The van der Waals surface area contributed by atoms with Crippen LogP contribution in [0.4, 0.5) is 21.7 Å². The second-order valence-electron chi connectivity index (χ2n) is 4.88. The van der Waals surface area contributed by atoms with E-state index in [1.54, 1.807) is 12.1 Å². The zero-order valence-corrected chi connectivity index (χ0v) is 12.4. The molecule has 3 N–H and O–H groups in total. The molecule has 0 bridgehead atoms. The fraction of sp³-hybridized carbons (Fsp3) is 0.333. The van der Waals surface area contributed by atoms with Gasteiger partial charge in [-0.15, -0.1) is 0 Å². The Kier molecular flexibility index (Phi) is 4.57. The van der Waals surface area contributed by atoms with Gasteiger partial charge in [0.25, 0.3) is 0 Å². The molecule has 1 aromatic heterocycles. The van der Waals surface area contributed by atoms with Crippen molar-refractivity contribution in [1.82, 2.24) is 9.97 Å². The first-order valence-corrected chi connectivity index (χ1v) is 6.82. The number of nitrogens with zero attached hydrogens (tertiary/aromatic N) is 2. The molecule has 6 heteroatoms. The van der Waals surface area contributed by atoms with Gasteiger partial charge in [0.15, 0.2) is 11.6 Å². The Bertz CT molecular complexity index is 631. The molecule has 0 unspecified atom stereocenters. The van der Waals surface area contributed by atoms with E-state index in [1.165, 1.54) is 12.4 Å². The Morgan fingerprint density at radius 1 is 1.33 bits per heavy atom. The molecular formula is C15H19FN4O. The van der Waals surface area contributed by atoms with Crippen molar-refractivity contribution >= 4 is 17.3 Å². The Hall–Kier alpha value is -2.37. The third-order valence-corrected chi connectivity index (χ3v) is 2.99. The number of anilines is 3. The van der Waals surface area contributed by atoms with E-state index in [0.29, 0.717) is 23.9 Å². The lowest BCUT2D eigenvalue weighted by molar-refractivity contribution is 0.321. The fourth-order valence-corrected chi connectivity index (χ4v) is 2.07. The Labute approximate surface area is 123 Å². The molecule has 0 saturated carbocycles. The van der Waals surface area contributed by atoms with Gasteiger partial charge in [0, 0.05) is 17.3 Å². The van der Waals surface area contributed by atoms with Crippen molar-refractivity contribution in [3.8, 4) is 5.75 Å². The smallest absolute Gasteiger partial charge is 0.167 e. The Morgan fingerprint density at radius 2 is 2.10 bits per heavy atom. The molecule has 21 heavy (non-hydrogen) atoms. The van der Waals surface area contributed by atoms with Crippen LogP contribution in [-0.2, 0) is 0 Å². The van der Waals surface area contributed by atoms with Crippen LogP contribution in [0.5, 0.6) is 5.75 Å². The minimum atomic E-state index is -0.421. The first kappa shape index (κ1) is 15.0. The zero-order chi connectivity index (χ0) is 15.4. The van der Waals surface area contributed by atoms with Gasteiger partial charge in [-0.3, -0.25) is 0 Å². The summed E-state index contributed by atoms with van der Waals surface area (Å²) in [6, 6.07) is 4.69. The first-order valence-electron chi connectivity index (χ1n) is 6.82. The van der Waals surface area contributed by atoms with Gasteiger partial charge in [0.05, 0.1) is 6.61 Å². The second-order valence-corrected chi connectivity index (χ2v) is 4.88. The van der Waals surface area contributed by atoms with Gasteiger partial charge in [-0.25, -0.2) is 14.4 Å². The van der Waals surface area contributed by atoms with Crippen LogP contribution in [0.3, 0.4) is 0 Å². The molecule has 112 valence electrons. The molecule has 1 aromatic carbocycles. The van der Waals surface area contributed by atoms with E-state index in [2.05, 4.69) is 15.3 Å². The molecule has 0 spiro atoms. The standard InChI is InChI=1S/C15H19FN4O/c1-4-21-12-6-5-10(7-11(12)16)20-15-13(9(2)3)14(17)18-8-19-15/h5-9H,4H2,1-3H3,(H3,17,18,19,20). The second kappa shape index (κ2) is 6.39. The molecular weight excluding hydrogens is 271 g/mol. The van der Waals surface area contributed by atoms with Crippen LogP contribution in [0.1, 0.15) is 32.3 Å². The first-order chi connectivity index (χ1) is 10.0. The minimum absolute atomic E-state index is 0.154. The highest BCUT2D eigenvalue weighted by Crippen LogP contribution is 2.30. The summed E-state index contributed by atoms with van der Waals surface area (Å²) in [6.45, 7) is 6.23. The quantitative estimate of drug-likeness (QED) is 0.882. The van der Waals surface area contributed by atoms with Crippen molar-refractivity contribution in [2.24, 2.45) is 0 Å². The lowest BCUT2D eigenvalue weighted by Crippen LogP contribution is -2.06. The third kappa shape index (κ3) is 3.39. The average Bonchev–Trinajstić information content (AvgIpc) is 2.41. The van der Waals surface area contributed by atoms with Gasteiger partial charge in [-0.2, -0.15) is 0 Å². The highest BCUT2D eigenvalue weighted by Gasteiger charge is 2.14. The van der Waals surface area contributed by atoms with E-state index < -0.39 is 5.82 Å². The van der Waals surface area contributed by atoms with E-state index in [-0.39, 0.29) is 11.7 Å². The molecule has 0 fully saturated rings. The van der Waals surface area contributed by atoms with Gasteiger partial charge in [0.2, 0.25) is 0 Å². The molecule has 2 aromatic rings. The predicted molar refractivity (Wildman–Crippen MR) is 81.4 cm³/mol. The van der Waals surface area contributed by atoms with Crippen molar-refractivity contribution in [3.05, 3.63) is 35.9 Å². The van der Waals surface area contributed by atoms with Crippen molar-refractivity contribution in [1.29, 1.82) is 0 Å². The van der Waals surface area contributed by atoms with Crippen molar-refractivity contribution in [2.45, 2.75) is 26.7 Å². The Morgan fingerprint density at radius 3 is 2.71 bits per heavy atom. The van der Waals surface area contributed by atoms with Crippen LogP contribution in [-0.4, -0.2) is 16.6 Å². The number of hydrogen-bond donors (Lipinski definition) is 2. The monoisotopic (exact) mass is 290 g/mol. The molecule has 0 radical (unpaired) electrons. The number of ether oxygens (including phenoxy) is 1. The van der Waals surface area contributed by atoms with Crippen molar-refractivity contribution in [3.63, 3.8) is 0 Å². The molecule has 0 aliphatic carbocycles. The van der Waals surface area contributed by atoms with E-state index in [9.17, 15) is 4.39 Å². The summed E-state index contributed by atoms with van der Waals surface area (Å²) in [5, 5.41) is 3.08. The maximum absolute atomic E-state index is 13.9. The van der Waals surface area contributed by atoms with E-state index >= 15 is 0 Å². The number of nitrogens with one attached hydrogen (secondary N) is 1. The summed E-state index contributed by atoms with van der Waals surface area (Å²) in [7, 11) is 0. The van der Waals surface area contributed by atoms with E-state index in [1.807, 2.05) is 20.8 Å². The summed E-state index contributed by atoms with van der Waals surface area (Å²) in [5.41, 5.74) is 7.28. The van der Waals surface area contributed by atoms with Crippen LogP contribution in [0, 0.1) is 5.82 Å². The number of hydrogen-bond acceptors (Lipinski definition) is 5. The van der Waals surface area contributed by atoms with E-state index in [4.69, 9.17) is 10.5 Å². The van der Waals surface area contributed by atoms with Crippen LogP contribution >= 0.6 is 0 Å². The lowest BCUT2D eigenvalue weighted by Gasteiger charge is -2.15. The van der Waals surface area contributed by atoms with Gasteiger partial charge in [0.1, 0.15) is 18.0 Å². The zero-order valence-electron chi connectivity index (χ0n) is 12.4. The van der Waals surface area contributed by atoms with E-state index in [0.717, 1.165) is 5.56 Å². The lowest BCUT2D eigenvalue weighted by atomic mass is 10.0. The van der Waals surface area contributed by atoms with Crippen LogP contribution in [0.25, 0.3) is 0 Å². The van der Waals surface area contributed by atoms with Gasteiger partial charge < -0.3 is 15.8 Å². The number of nitrogen functional groups attached to an aromatic ring is 1. The Balaban J connectivity index is 2.30. The molecule has 0 aliphatic heterocycles. The molecule has 1 heterocycles. The van der Waals surface area contributed by atoms with Gasteiger partial charge in [-0.05, 0) is 25.0 Å². The van der Waals surface area contributed by atoms with Crippen LogP contribution in [0.2, 0.25) is 0 Å². The number of rotatable bonds is 5. The predicted octanol–water partition coefficient (Wildman–Crippen LogP) is 3.46. The number of nitrogens with two attached hydrogens (primary N) is 1. The van der Waals surface area contributed by atoms with Crippen molar-refractivity contribution in [2.75, 3.05) is 17.7 Å². The molecule has 0 aliphatic rings. The van der Waals surface area contributed by atoms with Crippen molar-refractivity contribution < 1.29 is 9.13 Å². The van der Waals surface area contributed by atoms with Gasteiger partial charge >= 0.3 is 0 Å². The molecule has 0 amide bonds. The molecule has 0 saturated heterocycles. The largest absolute Gasteiger partial charge is 0.491 e. The number of aromatic nitrogens is 2. The topological polar surface area (TPSA) is 73.1 Å². The number of halogens is 1. The highest BCUT2D eigenvalue weighted by atomic mass is 19.1. The third-order valence-electron chi connectivity index (χ3n) is 2.99. The molecule has 2 rings (SSSR count). The summed E-state index contributed by atoms with van der Waals surface area (Å²) >= 11 is 0. The average molecular weight is 290 g/mol. The number of benzene rings is 1. The normalized spacial score (nSPS) is 10.7. The summed E-state index contributed by atoms with van der Waals surface area (Å²) < 4.78 is 19.0. The van der Waals surface area contributed by atoms with Gasteiger partial charge in [-0.1, -0.05) is 13.8 Å². The maximum Gasteiger partial charge on any atom is 0.167 e.